The SMILES string of the molecule is CC(=O)N(c1cccc(C)c1)c1nc(COC(=O)c2ccc(OC(C)C)cc2)cs1. The zero-order chi connectivity index (χ0) is 21.7. The summed E-state index contributed by atoms with van der Waals surface area (Å²) in [6.45, 7) is 7.37. The molecule has 3 rings (SSSR count). The molecule has 156 valence electrons. The summed E-state index contributed by atoms with van der Waals surface area (Å²) in [5.41, 5.74) is 2.83. The number of esters is 1. The summed E-state index contributed by atoms with van der Waals surface area (Å²) in [5.74, 6) is 0.121. The minimum absolute atomic E-state index is 0.0269. The van der Waals surface area contributed by atoms with E-state index in [2.05, 4.69) is 4.98 Å². The van der Waals surface area contributed by atoms with Crippen LogP contribution in [0.1, 0.15) is 42.4 Å². The molecule has 0 fully saturated rings. The summed E-state index contributed by atoms with van der Waals surface area (Å²) in [7, 11) is 0. The Labute approximate surface area is 180 Å². The second-order valence-corrected chi connectivity index (χ2v) is 7.92. The molecular weight excluding hydrogens is 400 g/mol. The molecule has 30 heavy (non-hydrogen) atoms. The highest BCUT2D eigenvalue weighted by Crippen LogP contribution is 2.29. The van der Waals surface area contributed by atoms with Gasteiger partial charge in [-0.25, -0.2) is 9.78 Å². The summed E-state index contributed by atoms with van der Waals surface area (Å²) >= 11 is 1.33. The molecule has 3 aromatic rings. The number of ether oxygens (including phenoxy) is 2. The molecule has 0 aliphatic rings. The number of amides is 1. The highest BCUT2D eigenvalue weighted by atomic mass is 32.1. The van der Waals surface area contributed by atoms with Gasteiger partial charge < -0.3 is 9.47 Å². The summed E-state index contributed by atoms with van der Waals surface area (Å²) in [6, 6.07) is 14.5. The first-order chi connectivity index (χ1) is 14.3. The number of aryl methyl sites for hydroxylation is 1. The van der Waals surface area contributed by atoms with E-state index in [1.807, 2.05) is 45.0 Å². The number of nitrogens with zero attached hydrogens (tertiary/aromatic N) is 2. The van der Waals surface area contributed by atoms with E-state index >= 15 is 0 Å². The highest BCUT2D eigenvalue weighted by molar-refractivity contribution is 7.14. The van der Waals surface area contributed by atoms with Crippen molar-refractivity contribution in [3.05, 3.63) is 70.7 Å². The monoisotopic (exact) mass is 424 g/mol. The molecule has 7 heteroatoms. The van der Waals surface area contributed by atoms with Crippen molar-refractivity contribution in [2.24, 2.45) is 0 Å². The summed E-state index contributed by atoms with van der Waals surface area (Å²) in [4.78, 5) is 30.5. The van der Waals surface area contributed by atoms with Crippen LogP contribution in [0.2, 0.25) is 0 Å². The van der Waals surface area contributed by atoms with Gasteiger partial charge in [0.25, 0.3) is 0 Å². The molecule has 1 aromatic heterocycles. The maximum Gasteiger partial charge on any atom is 0.338 e. The van der Waals surface area contributed by atoms with Crippen LogP contribution in [-0.2, 0) is 16.1 Å². The van der Waals surface area contributed by atoms with Gasteiger partial charge in [0, 0.05) is 12.3 Å². The van der Waals surface area contributed by atoms with Gasteiger partial charge >= 0.3 is 5.97 Å². The molecule has 6 nitrogen and oxygen atoms in total. The van der Waals surface area contributed by atoms with Crippen molar-refractivity contribution in [3.63, 3.8) is 0 Å². The van der Waals surface area contributed by atoms with E-state index in [1.165, 1.54) is 18.3 Å². The molecule has 0 bridgehead atoms. The fourth-order valence-electron chi connectivity index (χ4n) is 2.82. The first-order valence-electron chi connectivity index (χ1n) is 9.59. The quantitative estimate of drug-likeness (QED) is 0.483. The molecule has 0 aliphatic carbocycles. The van der Waals surface area contributed by atoms with Gasteiger partial charge in [-0.2, -0.15) is 0 Å². The molecule has 0 saturated heterocycles. The Morgan fingerprint density at radius 3 is 2.50 bits per heavy atom. The number of benzene rings is 2. The third-order valence-electron chi connectivity index (χ3n) is 4.12. The van der Waals surface area contributed by atoms with Gasteiger partial charge in [0.15, 0.2) is 5.13 Å². The predicted octanol–water partition coefficient (Wildman–Crippen LogP) is 5.28. The normalized spacial score (nSPS) is 10.7. The lowest BCUT2D eigenvalue weighted by Crippen LogP contribution is -2.22. The maximum atomic E-state index is 12.3. The number of anilines is 2. The average Bonchev–Trinajstić information content (AvgIpc) is 3.14. The van der Waals surface area contributed by atoms with Crippen molar-refractivity contribution in [3.8, 4) is 5.75 Å². The van der Waals surface area contributed by atoms with Gasteiger partial charge in [0.05, 0.1) is 23.0 Å². The Hall–Kier alpha value is -3.19. The van der Waals surface area contributed by atoms with Crippen LogP contribution in [-0.4, -0.2) is 23.0 Å². The minimum atomic E-state index is -0.442. The van der Waals surface area contributed by atoms with E-state index in [9.17, 15) is 9.59 Å². The molecule has 0 atom stereocenters. The van der Waals surface area contributed by atoms with Crippen molar-refractivity contribution < 1.29 is 19.1 Å². The average molecular weight is 425 g/mol. The number of hydrogen-bond donors (Lipinski definition) is 0. The lowest BCUT2D eigenvalue weighted by atomic mass is 10.2. The zero-order valence-electron chi connectivity index (χ0n) is 17.4. The molecular formula is C23H24N2O4S. The van der Waals surface area contributed by atoms with Crippen molar-refractivity contribution in [1.29, 1.82) is 0 Å². The van der Waals surface area contributed by atoms with Gasteiger partial charge in [-0.05, 0) is 62.7 Å². The Morgan fingerprint density at radius 1 is 1.13 bits per heavy atom. The van der Waals surface area contributed by atoms with Gasteiger partial charge in [0.2, 0.25) is 5.91 Å². The lowest BCUT2D eigenvalue weighted by molar-refractivity contribution is -0.115. The van der Waals surface area contributed by atoms with Crippen LogP contribution in [0, 0.1) is 6.92 Å². The molecule has 2 aromatic carbocycles. The fraction of sp³-hybridized carbons (Fsp3) is 0.261. The first-order valence-corrected chi connectivity index (χ1v) is 10.5. The van der Waals surface area contributed by atoms with Gasteiger partial charge in [-0.3, -0.25) is 9.69 Å². The Morgan fingerprint density at radius 2 is 1.87 bits per heavy atom. The number of aromatic nitrogens is 1. The van der Waals surface area contributed by atoms with Crippen LogP contribution >= 0.6 is 11.3 Å². The van der Waals surface area contributed by atoms with Crippen LogP contribution < -0.4 is 9.64 Å². The topological polar surface area (TPSA) is 68.7 Å². The van der Waals surface area contributed by atoms with Crippen LogP contribution in [0.4, 0.5) is 10.8 Å². The fourth-order valence-corrected chi connectivity index (χ4v) is 3.70. The lowest BCUT2D eigenvalue weighted by Gasteiger charge is -2.18. The summed E-state index contributed by atoms with van der Waals surface area (Å²) < 4.78 is 10.9. The van der Waals surface area contributed by atoms with E-state index in [4.69, 9.17) is 9.47 Å². The van der Waals surface area contributed by atoms with E-state index in [0.29, 0.717) is 22.1 Å². The Bertz CT molecular complexity index is 1030. The smallest absolute Gasteiger partial charge is 0.338 e. The standard InChI is InChI=1S/C23H24N2O4S/c1-15(2)29-21-10-8-18(9-11-21)22(27)28-13-19-14-30-23(24-19)25(17(4)26)20-7-5-6-16(3)12-20/h5-12,14-15H,13H2,1-4H3. The first kappa shape index (κ1) is 21.5. The van der Waals surface area contributed by atoms with Crippen LogP contribution in [0.15, 0.2) is 53.9 Å². The third kappa shape index (κ3) is 5.45. The van der Waals surface area contributed by atoms with Crippen molar-refractivity contribution >= 4 is 34.0 Å². The van der Waals surface area contributed by atoms with Crippen LogP contribution in [0.5, 0.6) is 5.75 Å². The number of carbonyl (C=O) groups is 2. The van der Waals surface area contributed by atoms with Gasteiger partial charge in [-0.1, -0.05) is 12.1 Å². The summed E-state index contributed by atoms with van der Waals surface area (Å²) in [6.07, 6.45) is 0.0658. The molecule has 1 amide bonds. The van der Waals surface area contributed by atoms with E-state index in [0.717, 1.165) is 11.3 Å². The zero-order valence-corrected chi connectivity index (χ0v) is 18.2. The second kappa shape index (κ2) is 9.54. The van der Waals surface area contributed by atoms with Gasteiger partial charge in [0.1, 0.15) is 12.4 Å². The van der Waals surface area contributed by atoms with E-state index < -0.39 is 5.97 Å². The molecule has 1 heterocycles. The van der Waals surface area contributed by atoms with E-state index in [1.54, 1.807) is 34.5 Å². The van der Waals surface area contributed by atoms with E-state index in [-0.39, 0.29) is 18.6 Å². The Kier molecular flexibility index (Phi) is 6.84. The van der Waals surface area contributed by atoms with Crippen molar-refractivity contribution in [1.82, 2.24) is 4.98 Å². The highest BCUT2D eigenvalue weighted by Gasteiger charge is 2.18. The second-order valence-electron chi connectivity index (χ2n) is 7.08. The molecule has 0 aliphatic heterocycles. The summed E-state index contributed by atoms with van der Waals surface area (Å²) in [5, 5.41) is 2.32. The number of hydrogen-bond acceptors (Lipinski definition) is 6. The number of thiazole rings is 1. The number of rotatable bonds is 7. The minimum Gasteiger partial charge on any atom is -0.491 e. The van der Waals surface area contributed by atoms with Crippen molar-refractivity contribution in [2.45, 2.75) is 40.4 Å². The van der Waals surface area contributed by atoms with Crippen LogP contribution in [0.25, 0.3) is 0 Å². The van der Waals surface area contributed by atoms with Crippen LogP contribution in [0.3, 0.4) is 0 Å². The Balaban J connectivity index is 1.66. The van der Waals surface area contributed by atoms with Crippen molar-refractivity contribution in [2.75, 3.05) is 4.90 Å². The number of carbonyl (C=O) groups excluding carboxylic acids is 2. The maximum absolute atomic E-state index is 12.3. The molecule has 0 saturated carbocycles. The predicted molar refractivity (Wildman–Crippen MR) is 117 cm³/mol. The van der Waals surface area contributed by atoms with Gasteiger partial charge in [-0.15, -0.1) is 11.3 Å². The molecule has 0 N–H and O–H groups in total. The third-order valence-corrected chi connectivity index (χ3v) is 4.99. The molecule has 0 radical (unpaired) electrons. The molecule has 0 spiro atoms. The largest absolute Gasteiger partial charge is 0.491 e. The molecule has 0 unspecified atom stereocenters.